The third-order valence-electron chi connectivity index (χ3n) is 4.06. The van der Waals surface area contributed by atoms with E-state index >= 15 is 0 Å². The van der Waals surface area contributed by atoms with Gasteiger partial charge in [-0.05, 0) is 45.2 Å². The molecule has 2 rings (SSSR count). The Bertz CT molecular complexity index is 251. The summed E-state index contributed by atoms with van der Waals surface area (Å²) in [6.07, 6.45) is 6.72. The van der Waals surface area contributed by atoms with Crippen molar-refractivity contribution in [2.75, 3.05) is 32.7 Å². The quantitative estimate of drug-likeness (QED) is 0.790. The Labute approximate surface area is 104 Å². The van der Waals surface area contributed by atoms with Gasteiger partial charge in [0.05, 0.1) is 0 Å². The van der Waals surface area contributed by atoms with Gasteiger partial charge in [-0.15, -0.1) is 0 Å². The number of carbonyl (C=O) groups is 1. The van der Waals surface area contributed by atoms with E-state index in [0.29, 0.717) is 24.9 Å². The first-order valence-electron chi connectivity index (χ1n) is 7.03. The summed E-state index contributed by atoms with van der Waals surface area (Å²) in [6, 6.07) is 0.301. The number of piperidine rings is 1. The van der Waals surface area contributed by atoms with Gasteiger partial charge in [0, 0.05) is 32.1 Å². The Morgan fingerprint density at radius 2 is 1.82 bits per heavy atom. The van der Waals surface area contributed by atoms with E-state index < -0.39 is 0 Å². The maximum absolute atomic E-state index is 12.2. The van der Waals surface area contributed by atoms with Crippen molar-refractivity contribution in [1.29, 1.82) is 0 Å². The van der Waals surface area contributed by atoms with Gasteiger partial charge >= 0.3 is 0 Å². The van der Waals surface area contributed by atoms with Gasteiger partial charge in [-0.3, -0.25) is 4.79 Å². The number of hydrogen-bond donors (Lipinski definition) is 1. The van der Waals surface area contributed by atoms with Crippen molar-refractivity contribution in [3.8, 4) is 0 Å². The molecule has 0 aromatic heterocycles. The lowest BCUT2D eigenvalue weighted by molar-refractivity contribution is -0.134. The molecular weight excluding hydrogens is 214 g/mol. The molecule has 1 amide bonds. The van der Waals surface area contributed by atoms with Gasteiger partial charge in [0.1, 0.15) is 0 Å². The average molecular weight is 239 g/mol. The van der Waals surface area contributed by atoms with Gasteiger partial charge in [0.2, 0.25) is 5.91 Å². The molecule has 2 aliphatic heterocycles. The molecule has 2 heterocycles. The minimum Gasteiger partial charge on any atom is -0.338 e. The zero-order valence-electron chi connectivity index (χ0n) is 10.7. The molecule has 17 heavy (non-hydrogen) atoms. The van der Waals surface area contributed by atoms with Crippen LogP contribution in [0.15, 0.2) is 0 Å². The standard InChI is InChI=1S/C13H25N3O/c14-11-12-5-1-2-9-16(12)13(17)6-10-15-7-3-4-8-15/h12H,1-11,14H2. The summed E-state index contributed by atoms with van der Waals surface area (Å²) in [6.45, 7) is 4.82. The van der Waals surface area contributed by atoms with Crippen LogP contribution < -0.4 is 5.73 Å². The monoisotopic (exact) mass is 239 g/mol. The van der Waals surface area contributed by atoms with E-state index in [1.165, 1.54) is 32.4 Å². The van der Waals surface area contributed by atoms with E-state index in [1.807, 2.05) is 4.90 Å². The number of likely N-dealkylation sites (tertiary alicyclic amines) is 2. The van der Waals surface area contributed by atoms with Crippen molar-refractivity contribution >= 4 is 5.91 Å². The molecule has 4 nitrogen and oxygen atoms in total. The molecule has 0 spiro atoms. The molecule has 2 saturated heterocycles. The van der Waals surface area contributed by atoms with Crippen LogP contribution in [-0.2, 0) is 4.79 Å². The summed E-state index contributed by atoms with van der Waals surface area (Å²) in [5.41, 5.74) is 5.75. The highest BCUT2D eigenvalue weighted by molar-refractivity contribution is 5.76. The molecule has 4 heteroatoms. The van der Waals surface area contributed by atoms with Gasteiger partial charge in [0.25, 0.3) is 0 Å². The van der Waals surface area contributed by atoms with E-state index in [-0.39, 0.29) is 0 Å². The summed E-state index contributed by atoms with van der Waals surface area (Å²) in [5, 5.41) is 0. The second-order valence-electron chi connectivity index (χ2n) is 5.27. The van der Waals surface area contributed by atoms with Crippen LogP contribution >= 0.6 is 0 Å². The van der Waals surface area contributed by atoms with Gasteiger partial charge < -0.3 is 15.5 Å². The molecule has 98 valence electrons. The fourth-order valence-electron chi connectivity index (χ4n) is 2.98. The van der Waals surface area contributed by atoms with E-state index in [1.54, 1.807) is 0 Å². The molecule has 0 saturated carbocycles. The van der Waals surface area contributed by atoms with E-state index in [2.05, 4.69) is 4.90 Å². The SMILES string of the molecule is NCC1CCCCN1C(=O)CCN1CCCC1. The minimum atomic E-state index is 0.301. The highest BCUT2D eigenvalue weighted by Gasteiger charge is 2.25. The zero-order valence-corrected chi connectivity index (χ0v) is 10.7. The summed E-state index contributed by atoms with van der Waals surface area (Å²) >= 11 is 0. The summed E-state index contributed by atoms with van der Waals surface area (Å²) in [5.74, 6) is 0.312. The van der Waals surface area contributed by atoms with Crippen molar-refractivity contribution in [3.63, 3.8) is 0 Å². The van der Waals surface area contributed by atoms with Crippen LogP contribution in [0.5, 0.6) is 0 Å². The van der Waals surface area contributed by atoms with E-state index in [9.17, 15) is 4.79 Å². The molecule has 1 unspecified atom stereocenters. The molecule has 2 N–H and O–H groups in total. The molecule has 1 atom stereocenters. The van der Waals surface area contributed by atoms with Crippen LogP contribution in [0, 0.1) is 0 Å². The van der Waals surface area contributed by atoms with Crippen LogP contribution in [-0.4, -0.2) is 54.5 Å². The molecule has 0 aromatic rings. The zero-order chi connectivity index (χ0) is 12.1. The summed E-state index contributed by atoms with van der Waals surface area (Å²) in [7, 11) is 0. The Balaban J connectivity index is 1.76. The van der Waals surface area contributed by atoms with Gasteiger partial charge in [-0.25, -0.2) is 0 Å². The van der Waals surface area contributed by atoms with Gasteiger partial charge in [0.15, 0.2) is 0 Å². The number of amides is 1. The predicted molar refractivity (Wildman–Crippen MR) is 68.7 cm³/mol. The first-order chi connectivity index (χ1) is 8.31. The number of hydrogen-bond acceptors (Lipinski definition) is 3. The Hall–Kier alpha value is -0.610. The highest BCUT2D eigenvalue weighted by Crippen LogP contribution is 2.17. The second kappa shape index (κ2) is 6.36. The molecule has 2 aliphatic rings. The van der Waals surface area contributed by atoms with E-state index in [0.717, 1.165) is 25.9 Å². The highest BCUT2D eigenvalue weighted by atomic mass is 16.2. The third-order valence-corrected chi connectivity index (χ3v) is 4.06. The number of carbonyl (C=O) groups excluding carboxylic acids is 1. The summed E-state index contributed by atoms with van der Waals surface area (Å²) in [4.78, 5) is 16.6. The fraction of sp³-hybridized carbons (Fsp3) is 0.923. The number of nitrogens with two attached hydrogens (primary N) is 1. The molecule has 0 aliphatic carbocycles. The van der Waals surface area contributed by atoms with Crippen LogP contribution in [0.3, 0.4) is 0 Å². The number of nitrogens with zero attached hydrogens (tertiary/aromatic N) is 2. The molecule has 2 fully saturated rings. The minimum absolute atomic E-state index is 0.301. The van der Waals surface area contributed by atoms with Gasteiger partial charge in [-0.1, -0.05) is 0 Å². The van der Waals surface area contributed by atoms with Crippen molar-refractivity contribution in [2.24, 2.45) is 5.73 Å². The topological polar surface area (TPSA) is 49.6 Å². The van der Waals surface area contributed by atoms with Crippen LogP contribution in [0.2, 0.25) is 0 Å². The molecule has 0 radical (unpaired) electrons. The third kappa shape index (κ3) is 3.42. The maximum atomic E-state index is 12.2. The summed E-state index contributed by atoms with van der Waals surface area (Å²) < 4.78 is 0. The lowest BCUT2D eigenvalue weighted by atomic mass is 10.0. The first kappa shape index (κ1) is 12.8. The predicted octanol–water partition coefficient (Wildman–Crippen LogP) is 0.812. The molecule has 0 aromatic carbocycles. The lowest BCUT2D eigenvalue weighted by Gasteiger charge is -2.35. The van der Waals surface area contributed by atoms with Crippen molar-refractivity contribution < 1.29 is 4.79 Å². The molecular formula is C13H25N3O. The largest absolute Gasteiger partial charge is 0.338 e. The Morgan fingerprint density at radius 1 is 1.12 bits per heavy atom. The number of rotatable bonds is 4. The smallest absolute Gasteiger partial charge is 0.224 e. The fourth-order valence-corrected chi connectivity index (χ4v) is 2.98. The van der Waals surface area contributed by atoms with Gasteiger partial charge in [-0.2, -0.15) is 0 Å². The Morgan fingerprint density at radius 3 is 2.53 bits per heavy atom. The normalized spacial score (nSPS) is 26.4. The Kier molecular flexibility index (Phi) is 4.80. The van der Waals surface area contributed by atoms with Crippen molar-refractivity contribution in [1.82, 2.24) is 9.80 Å². The lowest BCUT2D eigenvalue weighted by Crippen LogP contribution is -2.48. The van der Waals surface area contributed by atoms with Crippen LogP contribution in [0.1, 0.15) is 38.5 Å². The van der Waals surface area contributed by atoms with Crippen molar-refractivity contribution in [2.45, 2.75) is 44.6 Å². The maximum Gasteiger partial charge on any atom is 0.224 e. The molecule has 0 bridgehead atoms. The van der Waals surface area contributed by atoms with E-state index in [4.69, 9.17) is 5.73 Å². The first-order valence-corrected chi connectivity index (χ1v) is 7.03. The van der Waals surface area contributed by atoms with Crippen LogP contribution in [0.25, 0.3) is 0 Å². The average Bonchev–Trinajstić information content (AvgIpc) is 2.89. The second-order valence-corrected chi connectivity index (χ2v) is 5.27. The van der Waals surface area contributed by atoms with Crippen molar-refractivity contribution in [3.05, 3.63) is 0 Å². The van der Waals surface area contributed by atoms with Crippen LogP contribution in [0.4, 0.5) is 0 Å².